The van der Waals surface area contributed by atoms with Crippen LogP contribution in [0.15, 0.2) is 36.4 Å². The summed E-state index contributed by atoms with van der Waals surface area (Å²) in [6, 6.07) is 9.74. The monoisotopic (exact) mass is 807 g/mol. The lowest BCUT2D eigenvalue weighted by atomic mass is 10.1. The van der Waals surface area contributed by atoms with Crippen molar-refractivity contribution in [2.45, 2.75) is 79.1 Å². The number of aliphatic hydroxyl groups excluding tert-OH is 1. The molecule has 2 aromatic carbocycles. The number of amides is 4. The summed E-state index contributed by atoms with van der Waals surface area (Å²) in [6.07, 6.45) is 2.13. The van der Waals surface area contributed by atoms with Gasteiger partial charge in [0.2, 0.25) is 23.7 Å². The van der Waals surface area contributed by atoms with Crippen LogP contribution in [0, 0.1) is 13.8 Å². The van der Waals surface area contributed by atoms with Crippen molar-refractivity contribution in [1.29, 1.82) is 0 Å². The summed E-state index contributed by atoms with van der Waals surface area (Å²) < 4.78 is 13.2. The lowest BCUT2D eigenvalue weighted by molar-refractivity contribution is 0.0992. The molecule has 7 N–H and O–H groups in total. The molecule has 0 fully saturated rings. The maximum atomic E-state index is 13.8. The van der Waals surface area contributed by atoms with E-state index in [1.54, 1.807) is 45.8 Å². The summed E-state index contributed by atoms with van der Waals surface area (Å²) in [5.74, 6) is -1.19. The number of aliphatic hydroxyl groups is 1. The van der Waals surface area contributed by atoms with Gasteiger partial charge in [0.1, 0.15) is 22.7 Å². The number of nitrogens with zero attached hydrogens (tertiary/aromatic N) is 9. The number of fused-ring (bicyclic) bond motifs is 1. The number of ether oxygens (including phenoxy) is 1. The number of hydrogen-bond donors (Lipinski definition) is 5. The van der Waals surface area contributed by atoms with Gasteiger partial charge in [0.05, 0.1) is 40.2 Å². The van der Waals surface area contributed by atoms with Gasteiger partial charge < -0.3 is 35.3 Å². The number of primary amides is 2. The minimum atomic E-state index is -0.674. The Hall–Kier alpha value is -6.76. The summed E-state index contributed by atoms with van der Waals surface area (Å²) in [5, 5.41) is 24.4. The molecule has 0 bridgehead atoms. The van der Waals surface area contributed by atoms with Crippen LogP contribution < -0.4 is 31.7 Å². The largest absolute Gasteiger partial charge is 0.491 e. The summed E-state index contributed by atoms with van der Waals surface area (Å²) in [5.41, 5.74) is 17.0. The van der Waals surface area contributed by atoms with Gasteiger partial charge in [-0.2, -0.15) is 10.2 Å². The van der Waals surface area contributed by atoms with Crippen molar-refractivity contribution in [2.75, 3.05) is 42.3 Å². The first-order valence-corrected chi connectivity index (χ1v) is 19.7. The van der Waals surface area contributed by atoms with E-state index >= 15 is 0 Å². The van der Waals surface area contributed by atoms with Crippen LogP contribution in [-0.4, -0.2) is 94.2 Å². The van der Waals surface area contributed by atoms with Gasteiger partial charge in [0.15, 0.2) is 0 Å². The first-order chi connectivity index (χ1) is 28.3. The Bertz CT molecular complexity index is 2600. The number of rotatable bonds is 16. The molecule has 0 saturated heterocycles. The van der Waals surface area contributed by atoms with Gasteiger partial charge in [0.25, 0.3) is 11.8 Å². The molecule has 1 atom stereocenters. The quantitative estimate of drug-likeness (QED) is 0.0881. The molecule has 4 amide bonds. The molecule has 0 unspecified atom stereocenters. The number of nitrogens with two attached hydrogens (primary N) is 2. The number of anilines is 3. The fraction of sp³-hybridized carbons (Fsp3) is 0.400. The minimum absolute atomic E-state index is 0.0981. The van der Waals surface area contributed by atoms with Crippen LogP contribution in [0.25, 0.3) is 22.1 Å². The molecule has 1 aliphatic rings. The second-order valence-electron chi connectivity index (χ2n) is 14.6. The number of nitrogens with one attached hydrogen (secondary N) is 2. The lowest BCUT2D eigenvalue weighted by Gasteiger charge is -2.21. The molecule has 0 saturated carbocycles. The molecule has 19 nitrogen and oxygen atoms in total. The molecule has 59 heavy (non-hydrogen) atoms. The van der Waals surface area contributed by atoms with Gasteiger partial charge in [-0.3, -0.25) is 39.2 Å². The van der Waals surface area contributed by atoms with E-state index < -0.39 is 17.7 Å². The second kappa shape index (κ2) is 16.6. The summed E-state index contributed by atoms with van der Waals surface area (Å²) in [4.78, 5) is 64.1. The highest BCUT2D eigenvalue weighted by Crippen LogP contribution is 2.40. The van der Waals surface area contributed by atoms with Gasteiger partial charge in [0, 0.05) is 63.4 Å². The zero-order chi connectivity index (χ0) is 42.1. The van der Waals surface area contributed by atoms with E-state index in [4.69, 9.17) is 26.2 Å². The Morgan fingerprint density at radius 2 is 1.39 bits per heavy atom. The SMILES string of the molecule is CCn1nc(C)cc1C(=O)Nc1nc2cc(C(N)=O)cc(OCCCO)c2n1CCC[C@H]1CCN(C)c2cc(C(N)=O)cc3nc(NC(=O)c4cc(C)nn4CC)n1c23. The summed E-state index contributed by atoms with van der Waals surface area (Å²) >= 11 is 0. The number of carbonyl (C=O) groups is 4. The molecular weight excluding hydrogens is 759 g/mol. The van der Waals surface area contributed by atoms with Crippen LogP contribution >= 0.6 is 0 Å². The van der Waals surface area contributed by atoms with Crippen LogP contribution in [-0.2, 0) is 19.6 Å². The third kappa shape index (κ3) is 7.92. The van der Waals surface area contributed by atoms with Gasteiger partial charge in [-0.05, 0) is 83.4 Å². The van der Waals surface area contributed by atoms with Crippen molar-refractivity contribution in [2.24, 2.45) is 11.5 Å². The van der Waals surface area contributed by atoms with E-state index in [-0.39, 0.29) is 36.7 Å². The van der Waals surface area contributed by atoms with Crippen molar-refractivity contribution in [3.05, 3.63) is 70.3 Å². The minimum Gasteiger partial charge on any atom is -0.491 e. The molecule has 4 aromatic heterocycles. The zero-order valence-corrected chi connectivity index (χ0v) is 33.8. The van der Waals surface area contributed by atoms with Crippen molar-refractivity contribution >= 4 is 63.3 Å². The standard InChI is InChI=1S/C40H49N13O6/c1-6-51-30(16-22(3)47-51)37(57)45-39-43-28-19-25(36(42)56)21-32(59-15-9-14-54)34(28)50(39)12-8-10-26-11-13-49(5)29-20-24(35(41)55)18-27-33(29)53(26)40(44-27)46-38(58)31-17-23(4)48-52(31)7-2/h16-21,26,54H,6-15H2,1-5H3,(H2,41,55)(H2,42,56)(H,43,45,57)(H,44,46,58)/t26-/m0/s1. The highest BCUT2D eigenvalue weighted by molar-refractivity contribution is 6.06. The van der Waals surface area contributed by atoms with Crippen molar-refractivity contribution in [3.8, 4) is 5.75 Å². The number of aromatic nitrogens is 8. The lowest BCUT2D eigenvalue weighted by Crippen LogP contribution is -2.22. The van der Waals surface area contributed by atoms with Gasteiger partial charge >= 0.3 is 0 Å². The normalized spacial score (nSPS) is 13.9. The molecule has 0 radical (unpaired) electrons. The average Bonchev–Trinajstić information content (AvgIpc) is 3.95. The molecule has 0 aliphatic carbocycles. The van der Waals surface area contributed by atoms with Crippen LogP contribution in [0.4, 0.5) is 17.6 Å². The van der Waals surface area contributed by atoms with Crippen molar-refractivity contribution < 1.29 is 29.0 Å². The molecule has 7 rings (SSSR count). The van der Waals surface area contributed by atoms with Crippen LogP contribution in [0.1, 0.15) is 98.7 Å². The maximum absolute atomic E-state index is 13.8. The van der Waals surface area contributed by atoms with Crippen LogP contribution in [0.2, 0.25) is 0 Å². The van der Waals surface area contributed by atoms with E-state index in [2.05, 4.69) is 25.7 Å². The third-order valence-electron chi connectivity index (χ3n) is 10.5. The van der Waals surface area contributed by atoms with Crippen molar-refractivity contribution in [1.82, 2.24) is 38.7 Å². The number of imidazole rings is 2. The number of benzene rings is 2. The van der Waals surface area contributed by atoms with E-state index in [0.717, 1.165) is 11.2 Å². The first kappa shape index (κ1) is 40.4. The Kier molecular flexibility index (Phi) is 11.4. The fourth-order valence-electron chi connectivity index (χ4n) is 7.75. The predicted octanol–water partition coefficient (Wildman–Crippen LogP) is 3.76. The molecule has 310 valence electrons. The Morgan fingerprint density at radius 1 is 0.814 bits per heavy atom. The molecule has 0 spiro atoms. The van der Waals surface area contributed by atoms with E-state index in [9.17, 15) is 24.3 Å². The Morgan fingerprint density at radius 3 is 1.98 bits per heavy atom. The predicted molar refractivity (Wildman–Crippen MR) is 221 cm³/mol. The maximum Gasteiger partial charge on any atom is 0.276 e. The topological polar surface area (TPSA) is 248 Å². The van der Waals surface area contributed by atoms with E-state index in [1.165, 1.54) is 0 Å². The number of hydrogen-bond acceptors (Lipinski definition) is 11. The zero-order valence-electron chi connectivity index (χ0n) is 33.8. The molecule has 1 aliphatic heterocycles. The van der Waals surface area contributed by atoms with Gasteiger partial charge in [-0.15, -0.1) is 0 Å². The number of carbonyl (C=O) groups excluding carboxylic acids is 4. The molecule has 5 heterocycles. The highest BCUT2D eigenvalue weighted by Gasteiger charge is 2.30. The average molecular weight is 808 g/mol. The number of aryl methyl sites for hydroxylation is 5. The molecular formula is C40H49N13O6. The smallest absolute Gasteiger partial charge is 0.276 e. The summed E-state index contributed by atoms with van der Waals surface area (Å²) in [7, 11) is 1.94. The van der Waals surface area contributed by atoms with E-state index in [0.29, 0.717) is 108 Å². The highest BCUT2D eigenvalue weighted by atomic mass is 16.5. The molecule has 6 aromatic rings. The van der Waals surface area contributed by atoms with Crippen LogP contribution in [0.5, 0.6) is 5.75 Å². The summed E-state index contributed by atoms with van der Waals surface area (Å²) in [6.45, 7) is 9.45. The molecule has 19 heteroatoms. The fourth-order valence-corrected chi connectivity index (χ4v) is 7.75. The first-order valence-electron chi connectivity index (χ1n) is 19.7. The second-order valence-corrected chi connectivity index (χ2v) is 14.6. The van der Waals surface area contributed by atoms with Crippen LogP contribution in [0.3, 0.4) is 0 Å². The Labute approximate surface area is 339 Å². The Balaban J connectivity index is 1.28. The van der Waals surface area contributed by atoms with E-state index in [1.807, 2.05) is 43.9 Å². The third-order valence-corrected chi connectivity index (χ3v) is 10.5. The van der Waals surface area contributed by atoms with Gasteiger partial charge in [-0.1, -0.05) is 0 Å². The van der Waals surface area contributed by atoms with Gasteiger partial charge in [-0.25, -0.2) is 9.97 Å². The van der Waals surface area contributed by atoms with Crippen molar-refractivity contribution in [3.63, 3.8) is 0 Å².